The van der Waals surface area contributed by atoms with E-state index in [1.807, 2.05) is 62.2 Å². The minimum Gasteiger partial charge on any atom is -0.381 e. The van der Waals surface area contributed by atoms with Crippen molar-refractivity contribution < 1.29 is 19.1 Å². The van der Waals surface area contributed by atoms with Crippen LogP contribution < -0.4 is 20.4 Å². The number of carbonyl (C=O) groups is 3. The molecule has 1 unspecified atom stereocenters. The third-order valence-electron chi connectivity index (χ3n) is 8.23. The summed E-state index contributed by atoms with van der Waals surface area (Å²) in [6, 6.07) is 13.7. The molecule has 0 aliphatic carbocycles. The normalized spacial score (nSPS) is 20.5. The van der Waals surface area contributed by atoms with Gasteiger partial charge in [0.1, 0.15) is 6.04 Å². The third-order valence-corrected chi connectivity index (χ3v) is 8.23. The molecule has 2 aromatic rings. The van der Waals surface area contributed by atoms with Crippen molar-refractivity contribution in [2.24, 2.45) is 0 Å². The van der Waals surface area contributed by atoms with Crippen LogP contribution >= 0.6 is 0 Å². The zero-order valence-electron chi connectivity index (χ0n) is 23.1. The van der Waals surface area contributed by atoms with Gasteiger partial charge in [-0.05, 0) is 75.1 Å². The zero-order valence-corrected chi connectivity index (χ0v) is 23.1. The molecule has 2 saturated heterocycles. The van der Waals surface area contributed by atoms with Crippen molar-refractivity contribution in [3.63, 3.8) is 0 Å². The average molecular weight is 534 g/mol. The first kappa shape index (κ1) is 27.0. The molecule has 208 valence electrons. The average Bonchev–Trinajstić information content (AvgIpc) is 2.97. The number of hydrogen-bond acceptors (Lipinski definition) is 6. The molecule has 3 aliphatic rings. The molecular formula is C30H39N5O4. The van der Waals surface area contributed by atoms with Crippen molar-refractivity contribution in [3.8, 4) is 0 Å². The molecule has 3 heterocycles. The topological polar surface area (TPSA) is 94.2 Å². The van der Waals surface area contributed by atoms with Crippen LogP contribution in [0.2, 0.25) is 0 Å². The van der Waals surface area contributed by atoms with Gasteiger partial charge in [0, 0.05) is 68.8 Å². The van der Waals surface area contributed by atoms with Crippen LogP contribution in [0.4, 0.5) is 22.7 Å². The van der Waals surface area contributed by atoms with E-state index >= 15 is 0 Å². The summed E-state index contributed by atoms with van der Waals surface area (Å²) in [6.45, 7) is 6.66. The van der Waals surface area contributed by atoms with Crippen LogP contribution in [0.5, 0.6) is 0 Å². The lowest BCUT2D eigenvalue weighted by molar-refractivity contribution is -0.131. The molecule has 2 fully saturated rings. The van der Waals surface area contributed by atoms with E-state index in [1.165, 1.54) is 0 Å². The van der Waals surface area contributed by atoms with Crippen molar-refractivity contribution in [2.75, 3.05) is 48.5 Å². The lowest BCUT2D eigenvalue weighted by Crippen LogP contribution is -2.55. The maximum Gasteiger partial charge on any atom is 0.251 e. The highest BCUT2D eigenvalue weighted by Crippen LogP contribution is 2.40. The number of benzene rings is 2. The van der Waals surface area contributed by atoms with Gasteiger partial charge in [-0.15, -0.1) is 0 Å². The smallest absolute Gasteiger partial charge is 0.251 e. The summed E-state index contributed by atoms with van der Waals surface area (Å²) in [5, 5.41) is 6.58. The Hall–Kier alpha value is -3.59. The number of fused-ring (bicyclic) bond motifs is 1. The number of amides is 3. The Morgan fingerprint density at radius 2 is 1.62 bits per heavy atom. The number of rotatable bonds is 6. The molecule has 0 aromatic heterocycles. The van der Waals surface area contributed by atoms with Gasteiger partial charge in [0.15, 0.2) is 0 Å². The number of anilines is 4. The van der Waals surface area contributed by atoms with Crippen LogP contribution in [0.15, 0.2) is 42.5 Å². The fourth-order valence-corrected chi connectivity index (χ4v) is 5.93. The van der Waals surface area contributed by atoms with Gasteiger partial charge >= 0.3 is 0 Å². The fraction of sp³-hybridized carbons (Fsp3) is 0.500. The minimum atomic E-state index is -0.238. The summed E-state index contributed by atoms with van der Waals surface area (Å²) >= 11 is 0. The molecule has 0 radical (unpaired) electrons. The highest BCUT2D eigenvalue weighted by atomic mass is 16.5. The van der Waals surface area contributed by atoms with Gasteiger partial charge in [0.2, 0.25) is 11.8 Å². The largest absolute Gasteiger partial charge is 0.381 e. The number of piperidine rings is 1. The molecule has 9 nitrogen and oxygen atoms in total. The minimum absolute atomic E-state index is 0.0813. The number of nitrogens with one attached hydrogen (secondary N) is 2. The molecule has 0 spiro atoms. The second-order valence-corrected chi connectivity index (χ2v) is 10.7. The molecule has 0 bridgehead atoms. The number of hydrogen-bond donors (Lipinski definition) is 2. The van der Waals surface area contributed by atoms with E-state index < -0.39 is 0 Å². The van der Waals surface area contributed by atoms with Crippen LogP contribution in [0.1, 0.15) is 56.3 Å². The highest BCUT2D eigenvalue weighted by molar-refractivity contribution is 6.05. The first-order chi connectivity index (χ1) is 18.9. The Labute approximate surface area is 230 Å². The number of nitrogens with zero attached hydrogens (tertiary/aromatic N) is 3. The Morgan fingerprint density at radius 3 is 2.28 bits per heavy atom. The molecule has 3 aliphatic heterocycles. The van der Waals surface area contributed by atoms with Gasteiger partial charge in [-0.2, -0.15) is 0 Å². The molecule has 3 amide bonds. The van der Waals surface area contributed by atoms with Gasteiger partial charge in [-0.3, -0.25) is 14.4 Å². The second kappa shape index (κ2) is 11.7. The molecular weight excluding hydrogens is 494 g/mol. The van der Waals surface area contributed by atoms with E-state index in [4.69, 9.17) is 4.74 Å². The number of likely N-dealkylation sites (tertiary alicyclic amines) is 1. The lowest BCUT2D eigenvalue weighted by Gasteiger charge is -2.45. The monoisotopic (exact) mass is 533 g/mol. The Kier molecular flexibility index (Phi) is 8.07. The molecule has 9 heteroatoms. The maximum absolute atomic E-state index is 13.0. The molecule has 0 saturated carbocycles. The van der Waals surface area contributed by atoms with Gasteiger partial charge in [0.25, 0.3) is 5.91 Å². The first-order valence-corrected chi connectivity index (χ1v) is 14.1. The molecule has 2 N–H and O–H groups in total. The van der Waals surface area contributed by atoms with Crippen molar-refractivity contribution in [2.45, 2.75) is 64.1 Å². The van der Waals surface area contributed by atoms with E-state index in [2.05, 4.69) is 21.6 Å². The van der Waals surface area contributed by atoms with E-state index in [9.17, 15) is 14.4 Å². The summed E-state index contributed by atoms with van der Waals surface area (Å²) in [7, 11) is 1.84. The Bertz CT molecular complexity index is 1200. The van der Waals surface area contributed by atoms with E-state index in [-0.39, 0.29) is 35.8 Å². The Balaban J connectivity index is 1.25. The predicted molar refractivity (Wildman–Crippen MR) is 153 cm³/mol. The van der Waals surface area contributed by atoms with Gasteiger partial charge in [-0.25, -0.2) is 0 Å². The van der Waals surface area contributed by atoms with Gasteiger partial charge in [0.05, 0.1) is 11.4 Å². The molecule has 39 heavy (non-hydrogen) atoms. The van der Waals surface area contributed by atoms with Gasteiger partial charge < -0.3 is 30.1 Å². The van der Waals surface area contributed by atoms with Crippen molar-refractivity contribution >= 4 is 40.5 Å². The maximum atomic E-state index is 13.0. The van der Waals surface area contributed by atoms with Crippen molar-refractivity contribution in [3.05, 3.63) is 48.0 Å². The SMILES string of the molecule is CCC(=O)N1CCC(NC(=O)c2ccc(Nc3ccc4c(c3)N(C3CCOCC3)C(C)C(=O)N4C)cc2)CC1. The fourth-order valence-electron chi connectivity index (χ4n) is 5.93. The first-order valence-electron chi connectivity index (χ1n) is 14.1. The second-order valence-electron chi connectivity index (χ2n) is 10.7. The summed E-state index contributed by atoms with van der Waals surface area (Å²) in [6.07, 6.45) is 3.88. The summed E-state index contributed by atoms with van der Waals surface area (Å²) < 4.78 is 5.57. The van der Waals surface area contributed by atoms with Crippen LogP contribution in [0.3, 0.4) is 0 Å². The van der Waals surface area contributed by atoms with Crippen LogP contribution in [-0.4, -0.2) is 74.1 Å². The van der Waals surface area contributed by atoms with Crippen molar-refractivity contribution in [1.82, 2.24) is 10.2 Å². The number of likely N-dealkylation sites (N-methyl/N-ethyl adjacent to an activating group) is 1. The Morgan fingerprint density at radius 1 is 0.949 bits per heavy atom. The molecule has 5 rings (SSSR count). The zero-order chi connectivity index (χ0) is 27.5. The standard InChI is InChI=1S/C30H39N5O4/c1-4-28(36)34-15-11-23(12-16-34)32-29(37)21-5-7-22(8-6-21)31-24-9-10-26-27(19-24)35(20(2)30(38)33(26)3)25-13-17-39-18-14-25/h5-10,19-20,23,25,31H,4,11-18H2,1-3H3,(H,32,37). The summed E-state index contributed by atoms with van der Waals surface area (Å²) in [5.41, 5.74) is 4.36. The van der Waals surface area contributed by atoms with Crippen LogP contribution in [-0.2, 0) is 14.3 Å². The van der Waals surface area contributed by atoms with Gasteiger partial charge in [-0.1, -0.05) is 6.92 Å². The highest BCUT2D eigenvalue weighted by Gasteiger charge is 2.38. The third kappa shape index (κ3) is 5.73. The summed E-state index contributed by atoms with van der Waals surface area (Å²) in [5.74, 6) is 0.182. The van der Waals surface area contributed by atoms with E-state index in [0.717, 1.165) is 48.4 Å². The molecule has 2 aromatic carbocycles. The van der Waals surface area contributed by atoms with E-state index in [1.54, 1.807) is 4.90 Å². The summed E-state index contributed by atoms with van der Waals surface area (Å²) in [4.78, 5) is 43.6. The van der Waals surface area contributed by atoms with Crippen LogP contribution in [0.25, 0.3) is 0 Å². The van der Waals surface area contributed by atoms with E-state index in [0.29, 0.717) is 38.3 Å². The van der Waals surface area contributed by atoms with Crippen molar-refractivity contribution in [1.29, 1.82) is 0 Å². The lowest BCUT2D eigenvalue weighted by atomic mass is 9.99. The predicted octanol–water partition coefficient (Wildman–Crippen LogP) is 3.91. The van der Waals surface area contributed by atoms with Crippen LogP contribution in [0, 0.1) is 0 Å². The number of carbonyl (C=O) groups excluding carboxylic acids is 3. The molecule has 1 atom stereocenters. The number of ether oxygens (including phenoxy) is 1. The quantitative estimate of drug-likeness (QED) is 0.585.